The number of aliphatic hydroxyl groups is 1. The smallest absolute Gasteiger partial charge is 0.233 e. The number of rotatable bonds is 9. The third-order valence-corrected chi connectivity index (χ3v) is 3.65. The predicted octanol–water partition coefficient (Wildman–Crippen LogP) is 1.06. The largest absolute Gasteiger partial charge is 0.389 e. The lowest BCUT2D eigenvalue weighted by atomic mass is 9.89. The maximum atomic E-state index is 11.3. The summed E-state index contributed by atoms with van der Waals surface area (Å²) in [6, 6.07) is 0. The van der Waals surface area contributed by atoms with Crippen LogP contribution in [0.2, 0.25) is 0 Å². The van der Waals surface area contributed by atoms with Crippen LogP contribution in [-0.2, 0) is 9.53 Å². The van der Waals surface area contributed by atoms with E-state index >= 15 is 0 Å². The van der Waals surface area contributed by atoms with Gasteiger partial charge < -0.3 is 20.5 Å². The fourth-order valence-corrected chi connectivity index (χ4v) is 2.52. The van der Waals surface area contributed by atoms with Gasteiger partial charge in [0, 0.05) is 13.1 Å². The summed E-state index contributed by atoms with van der Waals surface area (Å²) >= 11 is 0. The first-order chi connectivity index (χ1) is 9.61. The number of aliphatic hydroxyl groups excluding tert-OH is 1. The van der Waals surface area contributed by atoms with Crippen molar-refractivity contribution in [1.82, 2.24) is 10.6 Å². The molecule has 5 heteroatoms. The molecular weight excluding hydrogens is 256 g/mol. The summed E-state index contributed by atoms with van der Waals surface area (Å²) in [6.45, 7) is 5.95. The zero-order valence-corrected chi connectivity index (χ0v) is 12.9. The summed E-state index contributed by atoms with van der Waals surface area (Å²) in [5, 5.41) is 15.5. The van der Waals surface area contributed by atoms with Crippen LogP contribution >= 0.6 is 0 Å². The van der Waals surface area contributed by atoms with Crippen LogP contribution in [0, 0.1) is 5.92 Å². The summed E-state index contributed by atoms with van der Waals surface area (Å²) in [5.74, 6) is 0.701. The van der Waals surface area contributed by atoms with Crippen molar-refractivity contribution < 1.29 is 14.6 Å². The number of nitrogens with one attached hydrogen (secondary N) is 2. The van der Waals surface area contributed by atoms with E-state index in [0.717, 1.165) is 25.2 Å². The van der Waals surface area contributed by atoms with E-state index in [0.29, 0.717) is 25.8 Å². The van der Waals surface area contributed by atoms with Crippen molar-refractivity contribution in [3.8, 4) is 0 Å². The molecule has 118 valence electrons. The van der Waals surface area contributed by atoms with E-state index in [1.165, 1.54) is 12.8 Å². The first kappa shape index (κ1) is 17.4. The Kier molecular flexibility index (Phi) is 8.82. The fourth-order valence-electron chi connectivity index (χ4n) is 2.52. The van der Waals surface area contributed by atoms with Crippen molar-refractivity contribution in [3.05, 3.63) is 0 Å². The lowest BCUT2D eigenvalue weighted by Crippen LogP contribution is -2.39. The van der Waals surface area contributed by atoms with Crippen LogP contribution in [-0.4, -0.2) is 49.5 Å². The molecule has 0 radical (unpaired) electrons. The van der Waals surface area contributed by atoms with Gasteiger partial charge in [0.15, 0.2) is 0 Å². The molecule has 0 heterocycles. The van der Waals surface area contributed by atoms with Gasteiger partial charge in [0.25, 0.3) is 0 Å². The lowest BCUT2D eigenvalue weighted by Gasteiger charge is -2.27. The SMILES string of the molecule is CCCNC(=O)CNCC(O)COC1CCCC(C)C1. The van der Waals surface area contributed by atoms with Crippen molar-refractivity contribution in [3.63, 3.8) is 0 Å². The van der Waals surface area contributed by atoms with Gasteiger partial charge in [-0.15, -0.1) is 0 Å². The average molecular weight is 286 g/mol. The van der Waals surface area contributed by atoms with Gasteiger partial charge in [-0.05, 0) is 25.2 Å². The second-order valence-electron chi connectivity index (χ2n) is 5.86. The summed E-state index contributed by atoms with van der Waals surface area (Å²) in [5.41, 5.74) is 0. The van der Waals surface area contributed by atoms with E-state index in [9.17, 15) is 9.90 Å². The molecule has 1 amide bonds. The highest BCUT2D eigenvalue weighted by Crippen LogP contribution is 2.25. The zero-order valence-electron chi connectivity index (χ0n) is 12.9. The Bertz CT molecular complexity index is 274. The number of hydrogen-bond donors (Lipinski definition) is 3. The molecule has 1 aliphatic carbocycles. The molecule has 0 saturated heterocycles. The number of amides is 1. The number of hydrogen-bond acceptors (Lipinski definition) is 4. The molecule has 0 aromatic carbocycles. The summed E-state index contributed by atoms with van der Waals surface area (Å²) in [7, 11) is 0. The monoisotopic (exact) mass is 286 g/mol. The van der Waals surface area contributed by atoms with Crippen LogP contribution in [0.5, 0.6) is 0 Å². The van der Waals surface area contributed by atoms with Crippen LogP contribution in [0.15, 0.2) is 0 Å². The minimum absolute atomic E-state index is 0.0268. The van der Waals surface area contributed by atoms with Gasteiger partial charge in [0.05, 0.1) is 25.4 Å². The second-order valence-corrected chi connectivity index (χ2v) is 5.86. The van der Waals surface area contributed by atoms with Crippen LogP contribution in [0.3, 0.4) is 0 Å². The molecule has 5 nitrogen and oxygen atoms in total. The number of carbonyl (C=O) groups is 1. The predicted molar refractivity (Wildman–Crippen MR) is 79.5 cm³/mol. The summed E-state index contributed by atoms with van der Waals surface area (Å²) in [4.78, 5) is 11.3. The van der Waals surface area contributed by atoms with Crippen molar-refractivity contribution >= 4 is 5.91 Å². The quantitative estimate of drug-likeness (QED) is 0.593. The molecule has 1 fully saturated rings. The van der Waals surface area contributed by atoms with Gasteiger partial charge in [-0.3, -0.25) is 4.79 Å². The lowest BCUT2D eigenvalue weighted by molar-refractivity contribution is -0.120. The van der Waals surface area contributed by atoms with Gasteiger partial charge in [0.1, 0.15) is 0 Å². The number of ether oxygens (including phenoxy) is 1. The molecule has 0 spiro atoms. The zero-order chi connectivity index (χ0) is 14.8. The Hall–Kier alpha value is -0.650. The Morgan fingerprint density at radius 3 is 2.95 bits per heavy atom. The average Bonchev–Trinajstić information content (AvgIpc) is 2.43. The Balaban J connectivity index is 2.02. The highest BCUT2D eigenvalue weighted by molar-refractivity contribution is 5.77. The van der Waals surface area contributed by atoms with Crippen LogP contribution in [0.25, 0.3) is 0 Å². The third-order valence-electron chi connectivity index (χ3n) is 3.65. The van der Waals surface area contributed by atoms with Crippen LogP contribution < -0.4 is 10.6 Å². The Morgan fingerprint density at radius 1 is 1.45 bits per heavy atom. The Labute approximate surface area is 122 Å². The molecule has 1 rings (SSSR count). The molecule has 0 bridgehead atoms. The normalized spacial score (nSPS) is 24.4. The van der Waals surface area contributed by atoms with Gasteiger partial charge in [-0.1, -0.05) is 26.7 Å². The highest BCUT2D eigenvalue weighted by atomic mass is 16.5. The van der Waals surface area contributed by atoms with Crippen LogP contribution in [0.4, 0.5) is 0 Å². The maximum absolute atomic E-state index is 11.3. The molecule has 0 aliphatic heterocycles. The van der Waals surface area contributed by atoms with Crippen molar-refractivity contribution in [2.45, 2.75) is 58.2 Å². The molecule has 3 N–H and O–H groups in total. The van der Waals surface area contributed by atoms with Crippen molar-refractivity contribution in [2.75, 3.05) is 26.2 Å². The standard InChI is InChI=1S/C15H30N2O3/c1-3-7-17-15(19)10-16-9-13(18)11-20-14-6-4-5-12(2)8-14/h12-14,16,18H,3-11H2,1-2H3,(H,17,19). The molecule has 3 atom stereocenters. The topological polar surface area (TPSA) is 70.6 Å². The molecule has 0 aromatic heterocycles. The first-order valence-electron chi connectivity index (χ1n) is 7.88. The summed E-state index contributed by atoms with van der Waals surface area (Å²) in [6.07, 6.45) is 5.38. The van der Waals surface area contributed by atoms with E-state index in [-0.39, 0.29) is 12.5 Å². The minimum atomic E-state index is -0.550. The fraction of sp³-hybridized carbons (Fsp3) is 0.933. The van der Waals surface area contributed by atoms with Crippen LogP contribution in [0.1, 0.15) is 46.0 Å². The molecular formula is C15H30N2O3. The molecule has 20 heavy (non-hydrogen) atoms. The van der Waals surface area contributed by atoms with E-state index < -0.39 is 6.10 Å². The Morgan fingerprint density at radius 2 is 2.25 bits per heavy atom. The van der Waals surface area contributed by atoms with E-state index in [2.05, 4.69) is 17.6 Å². The molecule has 3 unspecified atom stereocenters. The summed E-state index contributed by atoms with van der Waals surface area (Å²) < 4.78 is 5.75. The number of carbonyl (C=O) groups excluding carboxylic acids is 1. The van der Waals surface area contributed by atoms with Gasteiger partial charge in [-0.25, -0.2) is 0 Å². The molecule has 0 aromatic rings. The van der Waals surface area contributed by atoms with E-state index in [4.69, 9.17) is 4.74 Å². The van der Waals surface area contributed by atoms with Gasteiger partial charge >= 0.3 is 0 Å². The second kappa shape index (κ2) is 10.1. The van der Waals surface area contributed by atoms with Crippen molar-refractivity contribution in [1.29, 1.82) is 0 Å². The maximum Gasteiger partial charge on any atom is 0.233 e. The van der Waals surface area contributed by atoms with Gasteiger partial charge in [0.2, 0.25) is 5.91 Å². The van der Waals surface area contributed by atoms with E-state index in [1.807, 2.05) is 6.92 Å². The third kappa shape index (κ3) is 7.82. The minimum Gasteiger partial charge on any atom is -0.389 e. The van der Waals surface area contributed by atoms with E-state index in [1.54, 1.807) is 0 Å². The molecule has 1 saturated carbocycles. The van der Waals surface area contributed by atoms with Gasteiger partial charge in [-0.2, -0.15) is 0 Å². The first-order valence-corrected chi connectivity index (χ1v) is 7.88. The van der Waals surface area contributed by atoms with Crippen molar-refractivity contribution in [2.24, 2.45) is 5.92 Å². The highest BCUT2D eigenvalue weighted by Gasteiger charge is 2.20. The molecule has 1 aliphatic rings.